The van der Waals surface area contributed by atoms with E-state index in [-0.39, 0.29) is 12.0 Å². The molecule has 0 amide bonds. The molecule has 0 radical (unpaired) electrons. The lowest BCUT2D eigenvalue weighted by Crippen LogP contribution is -2.49. The van der Waals surface area contributed by atoms with Crippen LogP contribution in [0, 0.1) is 0 Å². The van der Waals surface area contributed by atoms with Crippen molar-refractivity contribution < 1.29 is 8.42 Å². The van der Waals surface area contributed by atoms with Crippen molar-refractivity contribution in [2.45, 2.75) is 17.9 Å². The Bertz CT molecular complexity index is 1440. The Morgan fingerprint density at radius 1 is 0.857 bits per heavy atom. The summed E-state index contributed by atoms with van der Waals surface area (Å²) < 4.78 is 28.1. The highest BCUT2D eigenvalue weighted by atomic mass is 32.2. The molecule has 1 saturated heterocycles. The summed E-state index contributed by atoms with van der Waals surface area (Å²) in [5.74, 6) is 1.06. The van der Waals surface area contributed by atoms with Gasteiger partial charge in [0.1, 0.15) is 0 Å². The minimum atomic E-state index is -3.58. The quantitative estimate of drug-likeness (QED) is 0.423. The number of hydrogen-bond donors (Lipinski definition) is 2. The van der Waals surface area contributed by atoms with E-state index in [9.17, 15) is 8.42 Å². The fraction of sp³-hybridized carbons (Fsp3) is 0.240. The number of nitrogen functional groups attached to an aromatic ring is 1. The molecule has 180 valence electrons. The number of nitrogens with one attached hydrogen (secondary N) is 1. The van der Waals surface area contributed by atoms with E-state index in [1.807, 2.05) is 67.6 Å². The van der Waals surface area contributed by atoms with Crippen LogP contribution in [0.25, 0.3) is 10.8 Å². The van der Waals surface area contributed by atoms with Gasteiger partial charge in [-0.3, -0.25) is 4.90 Å². The van der Waals surface area contributed by atoms with Crippen LogP contribution in [0.4, 0.5) is 17.6 Å². The third kappa shape index (κ3) is 4.95. The summed E-state index contributed by atoms with van der Waals surface area (Å²) in [6.07, 6.45) is 0. The Kier molecular flexibility index (Phi) is 6.33. The van der Waals surface area contributed by atoms with Gasteiger partial charge in [-0.1, -0.05) is 48.5 Å². The van der Waals surface area contributed by atoms with Crippen LogP contribution in [0.5, 0.6) is 0 Å². The van der Waals surface area contributed by atoms with Crippen LogP contribution in [-0.2, 0) is 10.0 Å². The maximum atomic E-state index is 13.3. The van der Waals surface area contributed by atoms with Crippen molar-refractivity contribution in [3.8, 4) is 0 Å². The molecule has 1 aliphatic rings. The van der Waals surface area contributed by atoms with Crippen LogP contribution in [0.15, 0.2) is 77.7 Å². The first-order valence-electron chi connectivity index (χ1n) is 11.5. The molecule has 0 aliphatic carbocycles. The zero-order valence-electron chi connectivity index (χ0n) is 19.4. The van der Waals surface area contributed by atoms with Crippen molar-refractivity contribution in [2.24, 2.45) is 0 Å². The average molecular weight is 490 g/mol. The third-order valence-corrected chi connectivity index (χ3v) is 8.15. The van der Waals surface area contributed by atoms with E-state index in [4.69, 9.17) is 5.73 Å². The van der Waals surface area contributed by atoms with Gasteiger partial charge in [-0.2, -0.15) is 19.3 Å². The predicted octanol–water partition coefficient (Wildman–Crippen LogP) is 3.42. The van der Waals surface area contributed by atoms with E-state index in [0.29, 0.717) is 42.8 Å². The van der Waals surface area contributed by atoms with Crippen molar-refractivity contribution in [1.29, 1.82) is 0 Å². The topological polar surface area (TPSA) is 117 Å². The number of nitrogens with zero attached hydrogens (tertiary/aromatic N) is 5. The van der Waals surface area contributed by atoms with Crippen molar-refractivity contribution in [3.63, 3.8) is 0 Å². The fourth-order valence-corrected chi connectivity index (χ4v) is 5.73. The van der Waals surface area contributed by atoms with Crippen LogP contribution in [0.3, 0.4) is 0 Å². The highest BCUT2D eigenvalue weighted by Gasteiger charge is 2.31. The van der Waals surface area contributed by atoms with Crippen LogP contribution < -0.4 is 11.1 Å². The second-order valence-electron chi connectivity index (χ2n) is 8.49. The summed E-state index contributed by atoms with van der Waals surface area (Å²) in [6.45, 7) is 3.88. The number of benzene rings is 3. The second-order valence-corrected chi connectivity index (χ2v) is 10.4. The molecule has 0 spiro atoms. The number of piperazine rings is 1. The summed E-state index contributed by atoms with van der Waals surface area (Å²) in [7, 11) is -3.58. The lowest BCUT2D eigenvalue weighted by molar-refractivity contribution is 0.141. The molecule has 3 aromatic carbocycles. The molecule has 0 saturated carbocycles. The third-order valence-electron chi connectivity index (χ3n) is 6.25. The summed E-state index contributed by atoms with van der Waals surface area (Å²) in [4.78, 5) is 15.6. The number of para-hydroxylation sites is 1. The SMILES string of the molecule is CC(c1nc(N)nc(Nc2ccccc2)n1)N1CCN(S(=O)(=O)c2ccc3ccccc3c2)CC1. The van der Waals surface area contributed by atoms with Crippen LogP contribution in [0.1, 0.15) is 18.8 Å². The zero-order chi connectivity index (χ0) is 24.4. The van der Waals surface area contributed by atoms with Gasteiger partial charge < -0.3 is 11.1 Å². The number of sulfonamides is 1. The minimum Gasteiger partial charge on any atom is -0.368 e. The van der Waals surface area contributed by atoms with Crippen molar-refractivity contribution in [2.75, 3.05) is 37.2 Å². The first-order chi connectivity index (χ1) is 16.9. The van der Waals surface area contributed by atoms with E-state index in [1.165, 1.54) is 0 Å². The zero-order valence-corrected chi connectivity index (χ0v) is 20.2. The van der Waals surface area contributed by atoms with Gasteiger partial charge >= 0.3 is 0 Å². The van der Waals surface area contributed by atoms with Crippen LogP contribution in [0.2, 0.25) is 0 Å². The lowest BCUT2D eigenvalue weighted by Gasteiger charge is -2.36. The fourth-order valence-electron chi connectivity index (χ4n) is 4.27. The second kappa shape index (κ2) is 9.57. The average Bonchev–Trinajstić information content (AvgIpc) is 2.88. The van der Waals surface area contributed by atoms with E-state index in [0.717, 1.165) is 16.5 Å². The van der Waals surface area contributed by atoms with Gasteiger partial charge in [0.2, 0.25) is 21.9 Å². The lowest BCUT2D eigenvalue weighted by atomic mass is 10.1. The molecule has 0 bridgehead atoms. The van der Waals surface area contributed by atoms with Gasteiger partial charge in [-0.05, 0) is 42.0 Å². The Morgan fingerprint density at radius 3 is 2.29 bits per heavy atom. The molecule has 4 aromatic rings. The highest BCUT2D eigenvalue weighted by molar-refractivity contribution is 7.89. The summed E-state index contributed by atoms with van der Waals surface area (Å²) in [5.41, 5.74) is 6.81. The van der Waals surface area contributed by atoms with E-state index < -0.39 is 10.0 Å². The molecular formula is C25H27N7O2S. The molecule has 5 rings (SSSR count). The highest BCUT2D eigenvalue weighted by Crippen LogP contribution is 2.26. The maximum Gasteiger partial charge on any atom is 0.243 e. The molecule has 9 nitrogen and oxygen atoms in total. The minimum absolute atomic E-state index is 0.137. The summed E-state index contributed by atoms with van der Waals surface area (Å²) in [5, 5.41) is 5.08. The van der Waals surface area contributed by atoms with Crippen LogP contribution in [-0.4, -0.2) is 58.8 Å². The number of anilines is 3. The normalized spacial score (nSPS) is 16.3. The van der Waals surface area contributed by atoms with Gasteiger partial charge in [-0.15, -0.1) is 0 Å². The first-order valence-corrected chi connectivity index (χ1v) is 12.9. The smallest absolute Gasteiger partial charge is 0.243 e. The van der Waals surface area contributed by atoms with Crippen LogP contribution >= 0.6 is 0 Å². The van der Waals surface area contributed by atoms with Gasteiger partial charge in [0.25, 0.3) is 0 Å². The van der Waals surface area contributed by atoms with Gasteiger partial charge in [-0.25, -0.2) is 8.42 Å². The Labute approximate surface area is 204 Å². The maximum absolute atomic E-state index is 13.3. The number of rotatable bonds is 6. The van der Waals surface area contributed by atoms with Gasteiger partial charge in [0, 0.05) is 31.9 Å². The largest absolute Gasteiger partial charge is 0.368 e. The predicted molar refractivity (Wildman–Crippen MR) is 137 cm³/mol. The monoisotopic (exact) mass is 489 g/mol. The van der Waals surface area contributed by atoms with E-state index in [1.54, 1.807) is 16.4 Å². The summed E-state index contributed by atoms with van der Waals surface area (Å²) >= 11 is 0. The van der Waals surface area contributed by atoms with Gasteiger partial charge in [0.05, 0.1) is 10.9 Å². The van der Waals surface area contributed by atoms with Gasteiger partial charge in [0.15, 0.2) is 5.82 Å². The molecule has 2 heterocycles. The van der Waals surface area contributed by atoms with Crippen molar-refractivity contribution in [3.05, 3.63) is 78.6 Å². The van der Waals surface area contributed by atoms with E-state index in [2.05, 4.69) is 25.2 Å². The number of fused-ring (bicyclic) bond motifs is 1. The molecule has 3 N–H and O–H groups in total. The molecule has 1 atom stereocenters. The molecule has 1 aromatic heterocycles. The number of hydrogen-bond acceptors (Lipinski definition) is 8. The van der Waals surface area contributed by atoms with Crippen molar-refractivity contribution in [1.82, 2.24) is 24.2 Å². The first kappa shape index (κ1) is 23.2. The molecule has 1 fully saturated rings. The standard InChI is InChI=1S/C25H27N7O2S/c1-18(23-28-24(26)30-25(29-23)27-21-9-3-2-4-10-21)31-13-15-32(16-14-31)35(33,34)22-12-11-19-7-5-6-8-20(19)17-22/h2-12,17-18H,13-16H2,1H3,(H3,26,27,28,29,30). The van der Waals surface area contributed by atoms with Crippen molar-refractivity contribution >= 4 is 38.4 Å². The molecule has 1 aliphatic heterocycles. The Hall–Kier alpha value is -3.60. The number of aromatic nitrogens is 3. The number of nitrogens with two attached hydrogens (primary N) is 1. The Morgan fingerprint density at radius 2 is 1.54 bits per heavy atom. The molecule has 35 heavy (non-hydrogen) atoms. The Balaban J connectivity index is 1.28. The molecular weight excluding hydrogens is 462 g/mol. The molecule has 1 unspecified atom stereocenters. The van der Waals surface area contributed by atoms with E-state index >= 15 is 0 Å². The molecule has 10 heteroatoms. The summed E-state index contributed by atoms with van der Waals surface area (Å²) in [6, 6.07) is 22.5.